The van der Waals surface area contributed by atoms with Crippen molar-refractivity contribution >= 4 is 11.0 Å². The Kier molecular flexibility index (Phi) is 2.83. The number of hydrogen-bond donors (Lipinski definition) is 3. The lowest BCUT2D eigenvalue weighted by molar-refractivity contribution is 0.446. The summed E-state index contributed by atoms with van der Waals surface area (Å²) >= 11 is 0. The summed E-state index contributed by atoms with van der Waals surface area (Å²) < 4.78 is 0. The number of aromatic amines is 1. The van der Waals surface area contributed by atoms with Crippen molar-refractivity contribution in [2.45, 2.75) is 12.8 Å². The number of aryl methyl sites for hydroxylation is 2. The van der Waals surface area contributed by atoms with Crippen molar-refractivity contribution in [3.05, 3.63) is 53.9 Å². The van der Waals surface area contributed by atoms with Crippen molar-refractivity contribution in [3.63, 3.8) is 0 Å². The first-order chi connectivity index (χ1) is 9.22. The number of imidazole rings is 1. The Morgan fingerprint density at radius 1 is 1.00 bits per heavy atom. The fourth-order valence-electron chi connectivity index (χ4n) is 2.14. The third-order valence-electron chi connectivity index (χ3n) is 3.14. The largest absolute Gasteiger partial charge is 0.508 e. The molecule has 3 N–H and O–H groups in total. The van der Waals surface area contributed by atoms with Gasteiger partial charge in [0.15, 0.2) is 0 Å². The number of rotatable bonds is 3. The number of aromatic hydroxyl groups is 2. The van der Waals surface area contributed by atoms with Crippen LogP contribution in [0.25, 0.3) is 11.0 Å². The van der Waals surface area contributed by atoms with Crippen molar-refractivity contribution in [1.82, 2.24) is 9.97 Å². The van der Waals surface area contributed by atoms with Gasteiger partial charge < -0.3 is 15.2 Å². The van der Waals surface area contributed by atoms with Crippen LogP contribution in [-0.2, 0) is 12.8 Å². The van der Waals surface area contributed by atoms with Crippen LogP contribution in [-0.4, -0.2) is 20.2 Å². The predicted molar refractivity (Wildman–Crippen MR) is 73.3 cm³/mol. The molecule has 0 amide bonds. The number of benzene rings is 2. The zero-order valence-electron chi connectivity index (χ0n) is 10.3. The molecule has 3 rings (SSSR count). The lowest BCUT2D eigenvalue weighted by Gasteiger charge is -2.03. The molecule has 3 aromatic rings. The first kappa shape index (κ1) is 11.6. The highest BCUT2D eigenvalue weighted by Gasteiger charge is 2.06. The molecule has 0 aliphatic rings. The van der Waals surface area contributed by atoms with E-state index in [1.54, 1.807) is 12.1 Å². The molecule has 0 radical (unpaired) electrons. The molecule has 0 unspecified atom stereocenters. The van der Waals surface area contributed by atoms with E-state index in [1.165, 1.54) is 6.07 Å². The monoisotopic (exact) mass is 254 g/mol. The van der Waals surface area contributed by atoms with Crippen molar-refractivity contribution in [1.29, 1.82) is 0 Å². The highest BCUT2D eigenvalue weighted by Crippen LogP contribution is 2.23. The summed E-state index contributed by atoms with van der Waals surface area (Å²) in [5.41, 5.74) is 2.78. The topological polar surface area (TPSA) is 69.1 Å². The van der Waals surface area contributed by atoms with Crippen LogP contribution in [0.3, 0.4) is 0 Å². The van der Waals surface area contributed by atoms with E-state index in [0.29, 0.717) is 12.8 Å². The minimum atomic E-state index is 0.0741. The second-order valence-corrected chi connectivity index (χ2v) is 4.51. The molecule has 1 heterocycles. The number of fused-ring (bicyclic) bond motifs is 1. The third kappa shape index (κ3) is 2.38. The molecule has 0 bridgehead atoms. The minimum absolute atomic E-state index is 0.0741. The van der Waals surface area contributed by atoms with Gasteiger partial charge in [-0.05, 0) is 30.2 Å². The molecule has 0 saturated heterocycles. The number of aromatic nitrogens is 2. The highest BCUT2D eigenvalue weighted by atomic mass is 16.3. The quantitative estimate of drug-likeness (QED) is 0.673. The molecule has 1 aromatic heterocycles. The molecule has 2 aromatic carbocycles. The lowest BCUT2D eigenvalue weighted by atomic mass is 10.1. The SMILES string of the molecule is Oc1ccc(CCc2nc3ccccc3[nH]2)c(O)c1. The van der Waals surface area contributed by atoms with E-state index in [1.807, 2.05) is 24.3 Å². The van der Waals surface area contributed by atoms with Crippen LogP contribution in [0.5, 0.6) is 11.5 Å². The number of phenolic OH excluding ortho intramolecular Hbond substituents is 2. The summed E-state index contributed by atoms with van der Waals surface area (Å²) in [5.74, 6) is 1.09. The Morgan fingerprint density at radius 2 is 1.84 bits per heavy atom. The lowest BCUT2D eigenvalue weighted by Crippen LogP contribution is -1.93. The van der Waals surface area contributed by atoms with E-state index >= 15 is 0 Å². The molecule has 0 aliphatic heterocycles. The second kappa shape index (κ2) is 4.65. The van der Waals surface area contributed by atoms with Gasteiger partial charge in [-0.25, -0.2) is 4.98 Å². The van der Waals surface area contributed by atoms with Gasteiger partial charge in [-0.15, -0.1) is 0 Å². The van der Waals surface area contributed by atoms with E-state index in [9.17, 15) is 10.2 Å². The molecular formula is C15H14N2O2. The number of H-pyrrole nitrogens is 1. The molecule has 0 atom stereocenters. The molecule has 4 heteroatoms. The van der Waals surface area contributed by atoms with Gasteiger partial charge in [0.25, 0.3) is 0 Å². The number of para-hydroxylation sites is 2. The maximum absolute atomic E-state index is 9.72. The van der Waals surface area contributed by atoms with Crippen LogP contribution in [0.15, 0.2) is 42.5 Å². The summed E-state index contributed by atoms with van der Waals surface area (Å²) in [6.45, 7) is 0. The zero-order valence-corrected chi connectivity index (χ0v) is 10.3. The third-order valence-corrected chi connectivity index (χ3v) is 3.14. The first-order valence-corrected chi connectivity index (χ1v) is 6.17. The summed E-state index contributed by atoms with van der Waals surface area (Å²) in [7, 11) is 0. The zero-order chi connectivity index (χ0) is 13.2. The summed E-state index contributed by atoms with van der Waals surface area (Å²) in [5, 5.41) is 19.0. The number of hydrogen-bond acceptors (Lipinski definition) is 3. The molecule has 0 fully saturated rings. The molecule has 0 saturated carbocycles. The molecule has 4 nitrogen and oxygen atoms in total. The molecule has 0 aliphatic carbocycles. The normalized spacial score (nSPS) is 10.9. The van der Waals surface area contributed by atoms with Crippen LogP contribution in [0.4, 0.5) is 0 Å². The van der Waals surface area contributed by atoms with Crippen LogP contribution in [0.1, 0.15) is 11.4 Å². The minimum Gasteiger partial charge on any atom is -0.508 e. The van der Waals surface area contributed by atoms with Gasteiger partial charge in [-0.3, -0.25) is 0 Å². The molecule has 19 heavy (non-hydrogen) atoms. The van der Waals surface area contributed by atoms with Crippen molar-refractivity contribution in [2.24, 2.45) is 0 Å². The second-order valence-electron chi connectivity index (χ2n) is 4.51. The summed E-state index contributed by atoms with van der Waals surface area (Å²) in [6.07, 6.45) is 1.39. The molecular weight excluding hydrogens is 240 g/mol. The average Bonchev–Trinajstić information content (AvgIpc) is 2.80. The Hall–Kier alpha value is -2.49. The van der Waals surface area contributed by atoms with Gasteiger partial charge in [-0.2, -0.15) is 0 Å². The fraction of sp³-hybridized carbons (Fsp3) is 0.133. The van der Waals surface area contributed by atoms with E-state index in [0.717, 1.165) is 22.4 Å². The maximum Gasteiger partial charge on any atom is 0.122 e. The summed E-state index contributed by atoms with van der Waals surface area (Å²) in [4.78, 5) is 7.74. The Bertz CT molecular complexity index is 686. The van der Waals surface area contributed by atoms with Gasteiger partial charge in [-0.1, -0.05) is 18.2 Å². The Labute approximate surface area is 110 Å². The van der Waals surface area contributed by atoms with Crippen LogP contribution in [0.2, 0.25) is 0 Å². The summed E-state index contributed by atoms with van der Waals surface area (Å²) in [6, 6.07) is 12.5. The van der Waals surface area contributed by atoms with E-state index in [4.69, 9.17) is 0 Å². The van der Waals surface area contributed by atoms with Crippen LogP contribution >= 0.6 is 0 Å². The predicted octanol–water partition coefficient (Wildman–Crippen LogP) is 2.76. The van der Waals surface area contributed by atoms with Crippen molar-refractivity contribution in [3.8, 4) is 11.5 Å². The van der Waals surface area contributed by atoms with Gasteiger partial charge in [0.2, 0.25) is 0 Å². The van der Waals surface area contributed by atoms with Gasteiger partial charge >= 0.3 is 0 Å². The van der Waals surface area contributed by atoms with Gasteiger partial charge in [0.1, 0.15) is 17.3 Å². The first-order valence-electron chi connectivity index (χ1n) is 6.17. The number of nitrogens with zero attached hydrogens (tertiary/aromatic N) is 1. The molecule has 0 spiro atoms. The van der Waals surface area contributed by atoms with Gasteiger partial charge in [0, 0.05) is 12.5 Å². The number of nitrogens with one attached hydrogen (secondary N) is 1. The van der Waals surface area contributed by atoms with Crippen molar-refractivity contribution < 1.29 is 10.2 Å². The molecule has 96 valence electrons. The highest BCUT2D eigenvalue weighted by molar-refractivity contribution is 5.74. The average molecular weight is 254 g/mol. The van der Waals surface area contributed by atoms with Crippen LogP contribution < -0.4 is 0 Å². The standard InChI is InChI=1S/C15H14N2O2/c18-11-7-5-10(14(19)9-11)6-8-15-16-12-3-1-2-4-13(12)17-15/h1-5,7,9,18-19H,6,8H2,(H,16,17). The van der Waals surface area contributed by atoms with Crippen molar-refractivity contribution in [2.75, 3.05) is 0 Å². The van der Waals surface area contributed by atoms with Crippen LogP contribution in [0, 0.1) is 0 Å². The Morgan fingerprint density at radius 3 is 2.63 bits per heavy atom. The fourth-order valence-corrected chi connectivity index (χ4v) is 2.14. The maximum atomic E-state index is 9.72. The number of phenols is 2. The Balaban J connectivity index is 1.78. The smallest absolute Gasteiger partial charge is 0.122 e. The van der Waals surface area contributed by atoms with E-state index < -0.39 is 0 Å². The van der Waals surface area contributed by atoms with E-state index in [-0.39, 0.29) is 11.5 Å². The van der Waals surface area contributed by atoms with E-state index in [2.05, 4.69) is 9.97 Å². The van der Waals surface area contributed by atoms with Gasteiger partial charge in [0.05, 0.1) is 11.0 Å².